The third kappa shape index (κ3) is 2.81. The second kappa shape index (κ2) is 5.89. The molecular weight excluding hydrogens is 209 g/mol. The van der Waals surface area contributed by atoms with Gasteiger partial charge in [0, 0.05) is 0 Å². The summed E-state index contributed by atoms with van der Waals surface area (Å²) in [6.45, 7) is 0.460. The molecule has 0 radical (unpaired) electrons. The monoisotopic (exact) mass is 221 g/mol. The van der Waals surface area contributed by atoms with Crippen molar-refractivity contribution in [2.45, 2.75) is 0 Å². The Bertz CT molecular complexity index is 446. The van der Waals surface area contributed by atoms with Crippen LogP contribution in [0.4, 0.5) is 4.39 Å². The minimum Gasteiger partial charge on any atom is -0.465 e. The highest BCUT2D eigenvalue weighted by atomic mass is 19.1. The number of nitrogens with one attached hydrogen (secondary N) is 1. The topological polar surface area (TPSA) is 38.3 Å². The van der Waals surface area contributed by atoms with Gasteiger partial charge in [-0.25, -0.2) is 9.18 Å². The van der Waals surface area contributed by atoms with Crippen LogP contribution in [0.2, 0.25) is 0 Å². The smallest absolute Gasteiger partial charge is 0.340 e. The molecule has 3 nitrogen and oxygen atoms in total. The van der Waals surface area contributed by atoms with E-state index in [1.165, 1.54) is 19.2 Å². The lowest BCUT2D eigenvalue weighted by molar-refractivity contribution is 0.0595. The van der Waals surface area contributed by atoms with Crippen molar-refractivity contribution in [1.29, 1.82) is 0 Å². The lowest BCUT2D eigenvalue weighted by atomic mass is 10.1. The first-order chi connectivity index (χ1) is 7.70. The van der Waals surface area contributed by atoms with Gasteiger partial charge in [-0.2, -0.15) is 0 Å². The quantitative estimate of drug-likeness (QED) is 0.602. The number of esters is 1. The SMILES string of the molecule is CNCC#Cc1cccc(C(=O)OC)c1F. The normalized spacial score (nSPS) is 9.19. The van der Waals surface area contributed by atoms with Crippen LogP contribution < -0.4 is 5.32 Å². The van der Waals surface area contributed by atoms with Crippen LogP contribution in [0.25, 0.3) is 0 Å². The average molecular weight is 221 g/mol. The predicted octanol–water partition coefficient (Wildman–Crippen LogP) is 1.18. The van der Waals surface area contributed by atoms with E-state index in [1.807, 2.05) is 0 Å². The van der Waals surface area contributed by atoms with Crippen LogP contribution in [0.3, 0.4) is 0 Å². The van der Waals surface area contributed by atoms with Gasteiger partial charge in [-0.3, -0.25) is 0 Å². The van der Waals surface area contributed by atoms with Gasteiger partial charge in [-0.1, -0.05) is 17.9 Å². The molecule has 0 aliphatic carbocycles. The molecule has 0 spiro atoms. The highest BCUT2D eigenvalue weighted by molar-refractivity contribution is 5.90. The number of carbonyl (C=O) groups is 1. The fraction of sp³-hybridized carbons (Fsp3) is 0.250. The maximum atomic E-state index is 13.7. The highest BCUT2D eigenvalue weighted by Crippen LogP contribution is 2.12. The molecule has 0 saturated heterocycles. The highest BCUT2D eigenvalue weighted by Gasteiger charge is 2.13. The van der Waals surface area contributed by atoms with Gasteiger partial charge in [-0.05, 0) is 19.2 Å². The molecule has 0 aliphatic heterocycles. The molecule has 0 bridgehead atoms. The van der Waals surface area contributed by atoms with E-state index in [2.05, 4.69) is 21.9 Å². The third-order valence-electron chi connectivity index (χ3n) is 1.89. The molecule has 0 heterocycles. The molecule has 0 unspecified atom stereocenters. The van der Waals surface area contributed by atoms with Crippen LogP contribution in [0.5, 0.6) is 0 Å². The Labute approximate surface area is 93.6 Å². The number of ether oxygens (including phenoxy) is 1. The van der Waals surface area contributed by atoms with E-state index in [0.717, 1.165) is 0 Å². The van der Waals surface area contributed by atoms with E-state index >= 15 is 0 Å². The Kier molecular flexibility index (Phi) is 4.49. The second-order valence-electron chi connectivity index (χ2n) is 2.99. The van der Waals surface area contributed by atoms with E-state index in [1.54, 1.807) is 13.1 Å². The van der Waals surface area contributed by atoms with Gasteiger partial charge in [0.25, 0.3) is 0 Å². The van der Waals surface area contributed by atoms with Crippen LogP contribution in [0, 0.1) is 17.7 Å². The Morgan fingerprint density at radius 1 is 1.56 bits per heavy atom. The lowest BCUT2D eigenvalue weighted by Gasteiger charge is -2.01. The first-order valence-corrected chi connectivity index (χ1v) is 4.71. The lowest BCUT2D eigenvalue weighted by Crippen LogP contribution is -2.06. The van der Waals surface area contributed by atoms with Gasteiger partial charge in [0.05, 0.1) is 24.8 Å². The van der Waals surface area contributed by atoms with Crippen LogP contribution in [-0.4, -0.2) is 26.7 Å². The van der Waals surface area contributed by atoms with Crippen LogP contribution in [-0.2, 0) is 4.74 Å². The molecular formula is C12H12FNO2. The van der Waals surface area contributed by atoms with E-state index < -0.39 is 11.8 Å². The van der Waals surface area contributed by atoms with Gasteiger partial charge in [0.2, 0.25) is 0 Å². The van der Waals surface area contributed by atoms with Crippen molar-refractivity contribution in [1.82, 2.24) is 5.32 Å². The molecule has 0 aromatic heterocycles. The van der Waals surface area contributed by atoms with Gasteiger partial charge in [0.1, 0.15) is 0 Å². The largest absolute Gasteiger partial charge is 0.465 e. The molecule has 1 N–H and O–H groups in total. The average Bonchev–Trinajstić information content (AvgIpc) is 2.30. The number of rotatable bonds is 2. The standard InChI is InChI=1S/C12H12FNO2/c1-14-8-4-6-9-5-3-7-10(11(9)13)12(15)16-2/h3,5,7,14H,8H2,1-2H3. The van der Waals surface area contributed by atoms with E-state index in [-0.39, 0.29) is 11.1 Å². The summed E-state index contributed by atoms with van der Waals surface area (Å²) in [6.07, 6.45) is 0. The summed E-state index contributed by atoms with van der Waals surface area (Å²) < 4.78 is 18.2. The Hall–Kier alpha value is -1.86. The summed E-state index contributed by atoms with van der Waals surface area (Å²) in [7, 11) is 2.96. The molecule has 0 fully saturated rings. The fourth-order valence-corrected chi connectivity index (χ4v) is 1.12. The zero-order valence-corrected chi connectivity index (χ0v) is 9.13. The van der Waals surface area contributed by atoms with Crippen molar-refractivity contribution in [2.24, 2.45) is 0 Å². The Balaban J connectivity index is 3.05. The first kappa shape index (κ1) is 12.2. The molecule has 1 aromatic carbocycles. The van der Waals surface area contributed by atoms with Crippen LogP contribution in [0.1, 0.15) is 15.9 Å². The number of halogens is 1. The zero-order chi connectivity index (χ0) is 12.0. The minimum absolute atomic E-state index is 0.0984. The summed E-state index contributed by atoms with van der Waals surface area (Å²) >= 11 is 0. The number of hydrogen-bond acceptors (Lipinski definition) is 3. The van der Waals surface area contributed by atoms with Crippen molar-refractivity contribution in [2.75, 3.05) is 20.7 Å². The predicted molar refractivity (Wildman–Crippen MR) is 58.5 cm³/mol. The Morgan fingerprint density at radius 2 is 2.31 bits per heavy atom. The Morgan fingerprint density at radius 3 is 2.94 bits per heavy atom. The molecule has 0 amide bonds. The molecule has 0 atom stereocenters. The minimum atomic E-state index is -0.699. The van der Waals surface area contributed by atoms with Crippen LogP contribution >= 0.6 is 0 Å². The van der Waals surface area contributed by atoms with E-state index in [9.17, 15) is 9.18 Å². The maximum Gasteiger partial charge on any atom is 0.340 e. The third-order valence-corrected chi connectivity index (χ3v) is 1.89. The van der Waals surface area contributed by atoms with Crippen molar-refractivity contribution in [3.05, 3.63) is 35.1 Å². The zero-order valence-electron chi connectivity index (χ0n) is 9.13. The van der Waals surface area contributed by atoms with E-state index in [4.69, 9.17) is 0 Å². The fourth-order valence-electron chi connectivity index (χ4n) is 1.12. The molecule has 4 heteroatoms. The van der Waals surface area contributed by atoms with E-state index in [0.29, 0.717) is 6.54 Å². The van der Waals surface area contributed by atoms with Gasteiger partial charge >= 0.3 is 5.97 Å². The first-order valence-electron chi connectivity index (χ1n) is 4.71. The molecule has 1 aromatic rings. The van der Waals surface area contributed by atoms with Gasteiger partial charge in [0.15, 0.2) is 5.82 Å². The van der Waals surface area contributed by atoms with Crippen molar-refractivity contribution in [3.63, 3.8) is 0 Å². The number of benzene rings is 1. The van der Waals surface area contributed by atoms with Crippen molar-refractivity contribution in [3.8, 4) is 11.8 Å². The number of methoxy groups -OCH3 is 1. The van der Waals surface area contributed by atoms with Crippen molar-refractivity contribution >= 4 is 5.97 Å². The number of hydrogen-bond donors (Lipinski definition) is 1. The molecule has 1 rings (SSSR count). The summed E-state index contributed by atoms with van der Waals surface area (Å²) in [6, 6.07) is 4.45. The van der Waals surface area contributed by atoms with Crippen molar-refractivity contribution < 1.29 is 13.9 Å². The summed E-state index contributed by atoms with van der Waals surface area (Å²) in [5, 5.41) is 2.82. The summed E-state index contributed by atoms with van der Waals surface area (Å²) in [4.78, 5) is 11.2. The molecule has 84 valence electrons. The van der Waals surface area contributed by atoms with Gasteiger partial charge < -0.3 is 10.1 Å². The maximum absolute atomic E-state index is 13.7. The molecule has 0 aliphatic rings. The summed E-state index contributed by atoms with van der Waals surface area (Å²) in [5.74, 6) is 4.02. The summed E-state index contributed by atoms with van der Waals surface area (Å²) in [5.41, 5.74) is 0.0944. The second-order valence-corrected chi connectivity index (χ2v) is 2.99. The number of carbonyl (C=O) groups excluding carboxylic acids is 1. The van der Waals surface area contributed by atoms with Crippen LogP contribution in [0.15, 0.2) is 18.2 Å². The molecule has 0 saturated carbocycles. The molecule has 16 heavy (non-hydrogen) atoms. The van der Waals surface area contributed by atoms with Gasteiger partial charge in [-0.15, -0.1) is 0 Å².